The van der Waals surface area contributed by atoms with Crippen molar-refractivity contribution < 1.29 is 26.2 Å². The van der Waals surface area contributed by atoms with Gasteiger partial charge in [0, 0.05) is 21.1 Å². The Morgan fingerprint density at radius 3 is 1.15 bits per heavy atom. The van der Waals surface area contributed by atoms with Crippen molar-refractivity contribution in [2.24, 2.45) is 0 Å². The summed E-state index contributed by atoms with van der Waals surface area (Å²) in [5.74, 6) is 0.456. The second kappa shape index (κ2) is 11.4. The molecule has 0 amide bonds. The summed E-state index contributed by atoms with van der Waals surface area (Å²) < 4.78 is 0. The van der Waals surface area contributed by atoms with Crippen LogP contribution in [0.1, 0.15) is 52.7 Å². The third-order valence-electron chi connectivity index (χ3n) is 2.65. The Morgan fingerprint density at radius 2 is 0.950 bits per heavy atom. The minimum absolute atomic E-state index is 0. The Morgan fingerprint density at radius 1 is 0.700 bits per heavy atom. The fraction of sp³-hybridized carbons (Fsp3) is 0.571. The molecule has 0 radical (unpaired) electrons. The molecule has 0 bridgehead atoms. The molecule has 20 heavy (non-hydrogen) atoms. The molecule has 1 N–H and O–H groups in total. The number of benzene rings is 1. The first-order valence-electron chi connectivity index (χ1n) is 5.47. The Hall–Kier alpha value is 0.868. The van der Waals surface area contributed by atoms with Gasteiger partial charge in [0.05, 0.1) is 0 Å². The molecule has 1 aromatic rings. The van der Waals surface area contributed by atoms with E-state index in [-0.39, 0.29) is 81.5 Å². The van der Waals surface area contributed by atoms with E-state index in [0.29, 0.717) is 5.75 Å². The van der Waals surface area contributed by atoms with Crippen molar-refractivity contribution in [1.29, 1.82) is 0 Å². The topological polar surface area (TPSA) is 20.2 Å². The fourth-order valence-corrected chi connectivity index (χ4v) is 1.75. The molecule has 0 atom stereocenters. The van der Waals surface area contributed by atoms with Gasteiger partial charge in [0.25, 0.3) is 0 Å². The van der Waals surface area contributed by atoms with Crippen LogP contribution in [0, 0.1) is 0 Å². The van der Waals surface area contributed by atoms with E-state index in [9.17, 15) is 5.11 Å². The summed E-state index contributed by atoms with van der Waals surface area (Å²) in [6.07, 6.45) is 0. The average Bonchev–Trinajstić information content (AvgIpc) is 1.99. The standard InChI is InChI=1S/C14H22O.4ClH.W/c1-13(2,3)10-8-7-9-11(12(10)15)14(4,5)6;;;;;/h7-9,15H,1-6H3;4*1H;. The average molecular weight is 536 g/mol. The molecule has 0 saturated carbocycles. The van der Waals surface area contributed by atoms with Gasteiger partial charge >= 0.3 is 0 Å². The number of para-hydroxylation sites is 1. The van der Waals surface area contributed by atoms with Gasteiger partial charge < -0.3 is 5.11 Å². The largest absolute Gasteiger partial charge is 0.507 e. The number of phenolic OH excluding ortho intramolecular Hbond substituents is 1. The number of rotatable bonds is 0. The van der Waals surface area contributed by atoms with Crippen molar-refractivity contribution in [2.45, 2.75) is 52.4 Å². The molecule has 1 aromatic carbocycles. The predicted molar refractivity (Wildman–Crippen MR) is 94.5 cm³/mol. The fourth-order valence-electron chi connectivity index (χ4n) is 1.75. The predicted octanol–water partition coefficient (Wildman–Crippen LogP) is 5.67. The Bertz CT molecular complexity index is 338. The summed E-state index contributed by atoms with van der Waals surface area (Å²) in [7, 11) is 0. The Labute approximate surface area is 162 Å². The minimum Gasteiger partial charge on any atom is -0.507 e. The number of hydrogen-bond acceptors (Lipinski definition) is 1. The van der Waals surface area contributed by atoms with Crippen LogP contribution in [0.3, 0.4) is 0 Å². The van der Waals surface area contributed by atoms with Crippen LogP contribution in [-0.4, -0.2) is 5.11 Å². The summed E-state index contributed by atoms with van der Waals surface area (Å²) in [5.41, 5.74) is 2.03. The van der Waals surface area contributed by atoms with Crippen molar-refractivity contribution in [3.8, 4) is 5.75 Å². The van der Waals surface area contributed by atoms with Gasteiger partial charge in [-0.3, -0.25) is 0 Å². The second-order valence-corrected chi connectivity index (χ2v) is 6.20. The molecule has 0 spiro atoms. The second-order valence-electron chi connectivity index (χ2n) is 6.20. The molecule has 0 unspecified atom stereocenters. The molecule has 0 aliphatic rings. The van der Waals surface area contributed by atoms with Crippen LogP contribution >= 0.6 is 49.6 Å². The van der Waals surface area contributed by atoms with E-state index >= 15 is 0 Å². The molecule has 0 heterocycles. The Kier molecular flexibility index (Phi) is 18.7. The zero-order valence-electron chi connectivity index (χ0n) is 12.7. The van der Waals surface area contributed by atoms with Crippen LogP contribution in [0.15, 0.2) is 18.2 Å². The van der Waals surface area contributed by atoms with Crippen LogP contribution in [0.4, 0.5) is 0 Å². The number of halogens is 4. The van der Waals surface area contributed by atoms with Gasteiger partial charge in [0.15, 0.2) is 0 Å². The van der Waals surface area contributed by atoms with E-state index in [1.807, 2.05) is 18.2 Å². The van der Waals surface area contributed by atoms with E-state index in [0.717, 1.165) is 11.1 Å². The molecule has 0 aliphatic carbocycles. The summed E-state index contributed by atoms with van der Waals surface area (Å²) >= 11 is 0. The van der Waals surface area contributed by atoms with E-state index < -0.39 is 0 Å². The molecule has 1 rings (SSSR count). The van der Waals surface area contributed by atoms with Crippen LogP contribution in [0.2, 0.25) is 0 Å². The third-order valence-corrected chi connectivity index (χ3v) is 2.65. The molecular weight excluding hydrogens is 510 g/mol. The van der Waals surface area contributed by atoms with Crippen molar-refractivity contribution in [2.75, 3.05) is 0 Å². The van der Waals surface area contributed by atoms with E-state index in [1.54, 1.807) is 0 Å². The SMILES string of the molecule is CC(C)(C)c1cccc(C(C)(C)C)c1O.Cl.Cl.Cl.Cl.[W]. The summed E-state index contributed by atoms with van der Waals surface area (Å²) in [5, 5.41) is 10.3. The first-order chi connectivity index (χ1) is 6.64. The van der Waals surface area contributed by atoms with Gasteiger partial charge in [-0.15, -0.1) is 49.6 Å². The van der Waals surface area contributed by atoms with Crippen LogP contribution in [0.5, 0.6) is 5.75 Å². The quantitative estimate of drug-likeness (QED) is 0.454. The van der Waals surface area contributed by atoms with Crippen molar-refractivity contribution in [3.63, 3.8) is 0 Å². The number of aromatic hydroxyl groups is 1. The van der Waals surface area contributed by atoms with Gasteiger partial charge in [-0.1, -0.05) is 59.7 Å². The molecule has 0 saturated heterocycles. The first-order valence-corrected chi connectivity index (χ1v) is 5.47. The van der Waals surface area contributed by atoms with Gasteiger partial charge in [0.1, 0.15) is 5.75 Å². The zero-order valence-corrected chi connectivity index (χ0v) is 18.9. The van der Waals surface area contributed by atoms with Gasteiger partial charge in [-0.2, -0.15) is 0 Å². The maximum Gasteiger partial charge on any atom is 0.123 e. The van der Waals surface area contributed by atoms with Gasteiger partial charge in [-0.25, -0.2) is 0 Å². The summed E-state index contributed by atoms with van der Waals surface area (Å²) in [6.45, 7) is 12.7. The van der Waals surface area contributed by atoms with Crippen molar-refractivity contribution in [1.82, 2.24) is 0 Å². The van der Waals surface area contributed by atoms with E-state index in [4.69, 9.17) is 0 Å². The molecule has 0 aromatic heterocycles. The maximum absolute atomic E-state index is 10.3. The van der Waals surface area contributed by atoms with Crippen LogP contribution in [-0.2, 0) is 31.9 Å². The molecule has 1 nitrogen and oxygen atoms in total. The van der Waals surface area contributed by atoms with Gasteiger partial charge in [-0.05, 0) is 22.0 Å². The molecule has 122 valence electrons. The molecule has 0 aliphatic heterocycles. The van der Waals surface area contributed by atoms with Gasteiger partial charge in [0.2, 0.25) is 0 Å². The summed E-state index contributed by atoms with van der Waals surface area (Å²) in [6, 6.07) is 6.04. The number of phenols is 1. The molecule has 6 heteroatoms. The smallest absolute Gasteiger partial charge is 0.123 e. The monoisotopic (exact) mass is 534 g/mol. The van der Waals surface area contributed by atoms with Crippen molar-refractivity contribution in [3.05, 3.63) is 29.3 Å². The van der Waals surface area contributed by atoms with Crippen molar-refractivity contribution >= 4 is 49.6 Å². The van der Waals surface area contributed by atoms with Crippen LogP contribution < -0.4 is 0 Å². The number of hydrogen-bond donors (Lipinski definition) is 1. The summed E-state index contributed by atoms with van der Waals surface area (Å²) in [4.78, 5) is 0. The molecular formula is C14H26Cl4OW. The van der Waals surface area contributed by atoms with E-state index in [1.165, 1.54) is 0 Å². The van der Waals surface area contributed by atoms with Crippen LogP contribution in [0.25, 0.3) is 0 Å². The molecule has 0 fully saturated rings. The first kappa shape index (κ1) is 32.7. The third kappa shape index (κ3) is 8.34. The van der Waals surface area contributed by atoms with E-state index in [2.05, 4.69) is 41.5 Å². The Balaban J connectivity index is -0.000000150. The minimum atomic E-state index is -0.00859. The zero-order chi connectivity index (χ0) is 11.9. The maximum atomic E-state index is 10.3. The normalized spacial score (nSPS) is 9.70.